The first-order chi connectivity index (χ1) is 10.6. The summed E-state index contributed by atoms with van der Waals surface area (Å²) in [6.07, 6.45) is 6.43. The Morgan fingerprint density at radius 3 is 2.73 bits per heavy atom. The number of fused-ring (bicyclic) bond motifs is 2. The van der Waals surface area contributed by atoms with Crippen molar-refractivity contribution in [3.8, 4) is 0 Å². The second-order valence-electron chi connectivity index (χ2n) is 6.12. The second kappa shape index (κ2) is 6.20. The van der Waals surface area contributed by atoms with Crippen LogP contribution >= 0.6 is 11.3 Å². The molecule has 1 saturated carbocycles. The molecule has 2 aliphatic carbocycles. The number of aryl methyl sites for hydroxylation is 2. The number of aromatic nitrogens is 1. The minimum absolute atomic E-state index is 0.0246. The van der Waals surface area contributed by atoms with E-state index in [1.807, 2.05) is 24.5 Å². The molecule has 6 heteroatoms. The highest BCUT2D eigenvalue weighted by atomic mass is 32.1. The first-order valence-electron chi connectivity index (χ1n) is 7.66. The molecule has 22 heavy (non-hydrogen) atoms. The van der Waals surface area contributed by atoms with Crippen LogP contribution in [-0.2, 0) is 16.0 Å². The lowest BCUT2D eigenvalue weighted by Crippen LogP contribution is -2.40. The zero-order chi connectivity index (χ0) is 15.7. The van der Waals surface area contributed by atoms with Crippen LogP contribution in [0, 0.1) is 30.6 Å². The fourth-order valence-corrected chi connectivity index (χ4v) is 4.42. The number of allylic oxidation sites excluding steroid dienone is 2. The Kier molecular flexibility index (Phi) is 4.29. The van der Waals surface area contributed by atoms with Crippen LogP contribution in [0.1, 0.15) is 23.5 Å². The van der Waals surface area contributed by atoms with Gasteiger partial charge in [0, 0.05) is 24.0 Å². The third kappa shape index (κ3) is 2.92. The standard InChI is InChI=1S/C16H20N2O3S/c1-9-8-22-12(18-9)3-2-6-17-15(19)13-10-4-5-11(7-10)14(13)16(20)21/h4-5,8,10-11,13-14H,2-3,6-7H2,1H3,(H,17,19)(H,20,21). The monoisotopic (exact) mass is 320 g/mol. The molecule has 0 spiro atoms. The van der Waals surface area contributed by atoms with Crippen LogP contribution in [0.2, 0.25) is 0 Å². The number of nitrogens with one attached hydrogen (secondary N) is 1. The van der Waals surface area contributed by atoms with Crippen LogP contribution in [-0.4, -0.2) is 28.5 Å². The molecule has 3 rings (SSSR count). The van der Waals surface area contributed by atoms with Gasteiger partial charge >= 0.3 is 5.97 Å². The van der Waals surface area contributed by atoms with Gasteiger partial charge in [-0.3, -0.25) is 9.59 Å². The number of thiazole rings is 1. The number of carboxylic acids is 1. The molecule has 2 N–H and O–H groups in total. The highest BCUT2D eigenvalue weighted by Gasteiger charge is 2.51. The molecule has 0 aromatic carbocycles. The lowest BCUT2D eigenvalue weighted by atomic mass is 9.82. The van der Waals surface area contributed by atoms with E-state index in [-0.39, 0.29) is 17.7 Å². The summed E-state index contributed by atoms with van der Waals surface area (Å²) in [6.45, 7) is 2.54. The van der Waals surface area contributed by atoms with E-state index in [0.29, 0.717) is 6.54 Å². The maximum Gasteiger partial charge on any atom is 0.307 e. The lowest BCUT2D eigenvalue weighted by molar-refractivity contribution is -0.147. The first-order valence-corrected chi connectivity index (χ1v) is 8.54. The highest BCUT2D eigenvalue weighted by molar-refractivity contribution is 7.09. The summed E-state index contributed by atoms with van der Waals surface area (Å²) < 4.78 is 0. The summed E-state index contributed by atoms with van der Waals surface area (Å²) in [6, 6.07) is 0. The van der Waals surface area contributed by atoms with Gasteiger partial charge in [0.15, 0.2) is 0 Å². The zero-order valence-electron chi connectivity index (χ0n) is 12.5. The second-order valence-corrected chi connectivity index (χ2v) is 7.06. The van der Waals surface area contributed by atoms with Gasteiger partial charge in [-0.2, -0.15) is 0 Å². The molecule has 1 amide bonds. The van der Waals surface area contributed by atoms with Gasteiger partial charge in [-0.1, -0.05) is 12.2 Å². The van der Waals surface area contributed by atoms with Crippen molar-refractivity contribution >= 4 is 23.2 Å². The molecule has 0 saturated heterocycles. The maximum atomic E-state index is 12.3. The van der Waals surface area contributed by atoms with Crippen molar-refractivity contribution in [2.75, 3.05) is 6.54 Å². The Labute approximate surface area is 133 Å². The third-order valence-corrected chi connectivity index (χ3v) is 5.61. The molecule has 2 aliphatic rings. The van der Waals surface area contributed by atoms with Crippen LogP contribution in [0.5, 0.6) is 0 Å². The largest absolute Gasteiger partial charge is 0.481 e. The van der Waals surface area contributed by atoms with E-state index >= 15 is 0 Å². The molecule has 1 aromatic rings. The number of hydrogen-bond donors (Lipinski definition) is 2. The van der Waals surface area contributed by atoms with Gasteiger partial charge in [0.2, 0.25) is 5.91 Å². The number of rotatable bonds is 6. The Balaban J connectivity index is 1.49. The molecule has 0 radical (unpaired) electrons. The van der Waals surface area contributed by atoms with Crippen molar-refractivity contribution < 1.29 is 14.7 Å². The predicted octanol–water partition coefficient (Wildman–Crippen LogP) is 2.02. The van der Waals surface area contributed by atoms with Crippen molar-refractivity contribution in [1.29, 1.82) is 0 Å². The number of hydrogen-bond acceptors (Lipinski definition) is 4. The normalized spacial score (nSPS) is 29.0. The number of amides is 1. The zero-order valence-corrected chi connectivity index (χ0v) is 13.3. The molecule has 1 aromatic heterocycles. The third-order valence-electron chi connectivity index (χ3n) is 4.58. The van der Waals surface area contributed by atoms with E-state index < -0.39 is 17.8 Å². The summed E-state index contributed by atoms with van der Waals surface area (Å²) in [5.41, 5.74) is 1.03. The molecule has 4 atom stereocenters. The van der Waals surface area contributed by atoms with Crippen LogP contribution < -0.4 is 5.32 Å². The van der Waals surface area contributed by atoms with Gasteiger partial charge in [-0.05, 0) is 31.6 Å². The van der Waals surface area contributed by atoms with E-state index in [4.69, 9.17) is 0 Å². The quantitative estimate of drug-likeness (QED) is 0.621. The van der Waals surface area contributed by atoms with Crippen LogP contribution in [0.15, 0.2) is 17.5 Å². The molecule has 5 nitrogen and oxygen atoms in total. The van der Waals surface area contributed by atoms with Gasteiger partial charge in [0.1, 0.15) is 0 Å². The van der Waals surface area contributed by atoms with Crippen molar-refractivity contribution in [2.45, 2.75) is 26.2 Å². The number of carbonyl (C=O) groups excluding carboxylic acids is 1. The summed E-state index contributed by atoms with van der Waals surface area (Å²) >= 11 is 1.64. The number of aliphatic carboxylic acids is 1. The first kappa shape index (κ1) is 15.2. The molecular weight excluding hydrogens is 300 g/mol. The molecule has 1 fully saturated rings. The topological polar surface area (TPSA) is 79.3 Å². The van der Waals surface area contributed by atoms with E-state index in [1.54, 1.807) is 11.3 Å². The van der Waals surface area contributed by atoms with Gasteiger partial charge in [0.25, 0.3) is 0 Å². The van der Waals surface area contributed by atoms with Crippen LogP contribution in [0.4, 0.5) is 0 Å². The summed E-state index contributed by atoms with van der Waals surface area (Å²) in [5, 5.41) is 15.4. The van der Waals surface area contributed by atoms with Gasteiger partial charge in [-0.15, -0.1) is 11.3 Å². The van der Waals surface area contributed by atoms with Crippen LogP contribution in [0.25, 0.3) is 0 Å². The lowest BCUT2D eigenvalue weighted by Gasteiger charge is -2.23. The van der Waals surface area contributed by atoms with Crippen molar-refractivity contribution in [3.63, 3.8) is 0 Å². The average molecular weight is 320 g/mol. The summed E-state index contributed by atoms with van der Waals surface area (Å²) in [5.74, 6) is -1.81. The highest BCUT2D eigenvalue weighted by Crippen LogP contribution is 2.48. The van der Waals surface area contributed by atoms with Crippen molar-refractivity contribution in [2.24, 2.45) is 23.7 Å². The average Bonchev–Trinajstić information content (AvgIpc) is 3.18. The summed E-state index contributed by atoms with van der Waals surface area (Å²) in [4.78, 5) is 28.1. The Bertz CT molecular complexity index is 610. The molecular formula is C16H20N2O3S. The molecule has 2 bridgehead atoms. The number of carbonyl (C=O) groups is 2. The van der Waals surface area contributed by atoms with E-state index in [2.05, 4.69) is 10.3 Å². The number of nitrogens with zero attached hydrogens (tertiary/aromatic N) is 1. The Morgan fingerprint density at radius 2 is 2.09 bits per heavy atom. The molecule has 4 unspecified atom stereocenters. The van der Waals surface area contributed by atoms with Gasteiger partial charge < -0.3 is 10.4 Å². The van der Waals surface area contributed by atoms with Gasteiger partial charge in [-0.25, -0.2) is 4.98 Å². The van der Waals surface area contributed by atoms with Crippen LogP contribution in [0.3, 0.4) is 0 Å². The summed E-state index contributed by atoms with van der Waals surface area (Å²) in [7, 11) is 0. The number of carboxylic acid groups (broad SMARTS) is 1. The Morgan fingerprint density at radius 1 is 1.36 bits per heavy atom. The van der Waals surface area contributed by atoms with E-state index in [0.717, 1.165) is 30.0 Å². The van der Waals surface area contributed by atoms with Gasteiger partial charge in [0.05, 0.1) is 16.8 Å². The SMILES string of the molecule is Cc1csc(CCCNC(=O)C2C3C=CC(C3)C2C(=O)O)n1. The Hall–Kier alpha value is -1.69. The van der Waals surface area contributed by atoms with Crippen molar-refractivity contribution in [3.05, 3.63) is 28.2 Å². The minimum Gasteiger partial charge on any atom is -0.481 e. The molecule has 118 valence electrons. The van der Waals surface area contributed by atoms with E-state index in [9.17, 15) is 14.7 Å². The van der Waals surface area contributed by atoms with E-state index in [1.165, 1.54) is 0 Å². The fourth-order valence-electron chi connectivity index (χ4n) is 3.60. The predicted molar refractivity (Wildman–Crippen MR) is 83.5 cm³/mol. The fraction of sp³-hybridized carbons (Fsp3) is 0.562. The molecule has 0 aliphatic heterocycles. The molecule has 1 heterocycles. The minimum atomic E-state index is -0.852. The van der Waals surface area contributed by atoms with Crippen molar-refractivity contribution in [1.82, 2.24) is 10.3 Å². The maximum absolute atomic E-state index is 12.3. The smallest absolute Gasteiger partial charge is 0.307 e.